The van der Waals surface area contributed by atoms with Gasteiger partial charge in [-0.2, -0.15) is 16.6 Å². The number of thiophene rings is 1. The van der Waals surface area contributed by atoms with E-state index in [2.05, 4.69) is 16.4 Å². The molecule has 3 nitrogen and oxygen atoms in total. The molecule has 2 rings (SSSR count). The number of nitrogens with one attached hydrogen (secondary N) is 1. The molecule has 0 bridgehead atoms. The third-order valence-electron chi connectivity index (χ3n) is 2.24. The molecule has 0 fully saturated rings. The van der Waals surface area contributed by atoms with E-state index in [4.69, 9.17) is 5.26 Å². The highest BCUT2D eigenvalue weighted by Crippen LogP contribution is 2.23. The van der Waals surface area contributed by atoms with Gasteiger partial charge >= 0.3 is 0 Å². The van der Waals surface area contributed by atoms with Gasteiger partial charge in [0.15, 0.2) is 0 Å². The number of anilines is 2. The van der Waals surface area contributed by atoms with Crippen LogP contribution >= 0.6 is 11.3 Å². The SMILES string of the molecule is Cc1cc(C)c(C#N)c(Nc2ccsc2)n1. The van der Waals surface area contributed by atoms with E-state index in [0.717, 1.165) is 16.9 Å². The number of nitriles is 1. The highest BCUT2D eigenvalue weighted by molar-refractivity contribution is 7.08. The zero-order valence-electron chi connectivity index (χ0n) is 9.11. The number of nitrogens with zero attached hydrogens (tertiary/aromatic N) is 2. The highest BCUT2D eigenvalue weighted by atomic mass is 32.1. The fourth-order valence-corrected chi connectivity index (χ4v) is 2.13. The third kappa shape index (κ3) is 2.05. The van der Waals surface area contributed by atoms with Crippen LogP contribution < -0.4 is 5.32 Å². The van der Waals surface area contributed by atoms with Crippen LogP contribution in [0.1, 0.15) is 16.8 Å². The van der Waals surface area contributed by atoms with Gasteiger partial charge in [0.1, 0.15) is 11.9 Å². The average Bonchev–Trinajstić information content (AvgIpc) is 2.70. The summed E-state index contributed by atoms with van der Waals surface area (Å²) in [5.41, 5.74) is 3.44. The minimum absolute atomic E-state index is 0.608. The van der Waals surface area contributed by atoms with Gasteiger partial charge in [-0.3, -0.25) is 0 Å². The smallest absolute Gasteiger partial charge is 0.148 e. The summed E-state index contributed by atoms with van der Waals surface area (Å²) in [7, 11) is 0. The van der Waals surface area contributed by atoms with E-state index in [-0.39, 0.29) is 0 Å². The summed E-state index contributed by atoms with van der Waals surface area (Å²) >= 11 is 1.61. The number of pyridine rings is 1. The van der Waals surface area contributed by atoms with Crippen LogP contribution in [0.4, 0.5) is 11.5 Å². The van der Waals surface area contributed by atoms with Crippen LogP contribution in [0.5, 0.6) is 0 Å². The predicted molar refractivity (Wildman–Crippen MR) is 66.0 cm³/mol. The summed E-state index contributed by atoms with van der Waals surface area (Å²) in [6, 6.07) is 6.06. The van der Waals surface area contributed by atoms with Crippen LogP contribution in [0.15, 0.2) is 22.9 Å². The van der Waals surface area contributed by atoms with Crippen molar-refractivity contribution in [2.24, 2.45) is 0 Å². The van der Waals surface area contributed by atoms with Crippen molar-refractivity contribution in [2.75, 3.05) is 5.32 Å². The molecule has 16 heavy (non-hydrogen) atoms. The second kappa shape index (κ2) is 4.33. The van der Waals surface area contributed by atoms with Gasteiger partial charge < -0.3 is 5.32 Å². The van der Waals surface area contributed by atoms with Crippen LogP contribution in [0, 0.1) is 25.2 Å². The predicted octanol–water partition coefficient (Wildman–Crippen LogP) is 3.38. The van der Waals surface area contributed by atoms with Gasteiger partial charge in [0, 0.05) is 11.1 Å². The van der Waals surface area contributed by atoms with Gasteiger partial charge in [-0.05, 0) is 36.9 Å². The molecule has 0 amide bonds. The van der Waals surface area contributed by atoms with Crippen molar-refractivity contribution in [3.8, 4) is 6.07 Å². The van der Waals surface area contributed by atoms with Crippen LogP contribution in [-0.4, -0.2) is 4.98 Å². The Morgan fingerprint density at radius 2 is 2.25 bits per heavy atom. The second-order valence-corrected chi connectivity index (χ2v) is 4.33. The van der Waals surface area contributed by atoms with Crippen LogP contribution in [0.2, 0.25) is 0 Å². The Kier molecular flexibility index (Phi) is 2.88. The molecule has 2 aromatic heterocycles. The molecule has 0 unspecified atom stereocenters. The second-order valence-electron chi connectivity index (χ2n) is 3.55. The molecule has 0 saturated carbocycles. The van der Waals surface area contributed by atoms with Crippen molar-refractivity contribution in [3.63, 3.8) is 0 Å². The largest absolute Gasteiger partial charge is 0.338 e. The zero-order valence-corrected chi connectivity index (χ0v) is 9.93. The minimum Gasteiger partial charge on any atom is -0.338 e. The molecular weight excluding hydrogens is 218 g/mol. The van der Waals surface area contributed by atoms with Crippen molar-refractivity contribution in [3.05, 3.63) is 39.7 Å². The number of hydrogen-bond donors (Lipinski definition) is 1. The van der Waals surface area contributed by atoms with Crippen molar-refractivity contribution < 1.29 is 0 Å². The lowest BCUT2D eigenvalue weighted by Crippen LogP contribution is -1.99. The van der Waals surface area contributed by atoms with Crippen LogP contribution in [0.3, 0.4) is 0 Å². The molecule has 80 valence electrons. The monoisotopic (exact) mass is 229 g/mol. The summed E-state index contributed by atoms with van der Waals surface area (Å²) in [5.74, 6) is 0.637. The number of aryl methyl sites for hydroxylation is 2. The van der Waals surface area contributed by atoms with Gasteiger partial charge in [-0.15, -0.1) is 0 Å². The molecule has 4 heteroatoms. The van der Waals surface area contributed by atoms with E-state index >= 15 is 0 Å². The molecule has 0 radical (unpaired) electrons. The maximum absolute atomic E-state index is 9.09. The lowest BCUT2D eigenvalue weighted by molar-refractivity contribution is 1.16. The lowest BCUT2D eigenvalue weighted by Gasteiger charge is -2.08. The number of hydrogen-bond acceptors (Lipinski definition) is 4. The molecule has 2 aromatic rings. The van der Waals surface area contributed by atoms with E-state index in [1.165, 1.54) is 0 Å². The van der Waals surface area contributed by atoms with E-state index in [1.54, 1.807) is 11.3 Å². The van der Waals surface area contributed by atoms with Gasteiger partial charge in [-0.25, -0.2) is 4.98 Å². The summed E-state index contributed by atoms with van der Waals surface area (Å²) in [4.78, 5) is 4.35. The first kappa shape index (κ1) is 10.7. The average molecular weight is 229 g/mol. The lowest BCUT2D eigenvalue weighted by atomic mass is 10.1. The van der Waals surface area contributed by atoms with Crippen molar-refractivity contribution >= 4 is 22.8 Å². The molecule has 0 aliphatic heterocycles. The summed E-state index contributed by atoms with van der Waals surface area (Å²) in [6.07, 6.45) is 0. The van der Waals surface area contributed by atoms with E-state index in [9.17, 15) is 0 Å². The fraction of sp³-hybridized carbons (Fsp3) is 0.167. The van der Waals surface area contributed by atoms with Gasteiger partial charge in [-0.1, -0.05) is 0 Å². The molecule has 0 aromatic carbocycles. The molecule has 0 aliphatic carbocycles. The molecule has 0 saturated heterocycles. The maximum atomic E-state index is 9.09. The Bertz CT molecular complexity index is 538. The number of rotatable bonds is 2. The molecule has 2 heterocycles. The van der Waals surface area contributed by atoms with Gasteiger partial charge in [0.05, 0.1) is 11.3 Å². The minimum atomic E-state index is 0.608. The van der Waals surface area contributed by atoms with Gasteiger partial charge in [0.25, 0.3) is 0 Å². The van der Waals surface area contributed by atoms with Crippen LogP contribution in [-0.2, 0) is 0 Å². The third-order valence-corrected chi connectivity index (χ3v) is 2.92. The van der Waals surface area contributed by atoms with E-state index in [0.29, 0.717) is 11.4 Å². The molecular formula is C12H11N3S. The first-order valence-electron chi connectivity index (χ1n) is 4.88. The highest BCUT2D eigenvalue weighted by Gasteiger charge is 2.08. The van der Waals surface area contributed by atoms with E-state index in [1.807, 2.05) is 36.7 Å². The first-order chi connectivity index (χ1) is 7.70. The van der Waals surface area contributed by atoms with Crippen molar-refractivity contribution in [2.45, 2.75) is 13.8 Å². The Hall–Kier alpha value is -1.86. The maximum Gasteiger partial charge on any atom is 0.148 e. The Balaban J connectivity index is 2.44. The summed E-state index contributed by atoms with van der Waals surface area (Å²) < 4.78 is 0. The zero-order chi connectivity index (χ0) is 11.5. The Morgan fingerprint density at radius 3 is 2.88 bits per heavy atom. The fourth-order valence-electron chi connectivity index (χ4n) is 1.54. The van der Waals surface area contributed by atoms with Crippen LogP contribution in [0.25, 0.3) is 0 Å². The topological polar surface area (TPSA) is 48.7 Å². The Morgan fingerprint density at radius 1 is 1.44 bits per heavy atom. The summed E-state index contributed by atoms with van der Waals surface area (Å²) in [5, 5.41) is 16.2. The molecule has 0 atom stereocenters. The number of aromatic nitrogens is 1. The quantitative estimate of drug-likeness (QED) is 0.858. The van der Waals surface area contributed by atoms with Gasteiger partial charge in [0.2, 0.25) is 0 Å². The molecule has 1 N–H and O–H groups in total. The van der Waals surface area contributed by atoms with Crippen molar-refractivity contribution in [1.82, 2.24) is 4.98 Å². The van der Waals surface area contributed by atoms with Crippen molar-refractivity contribution in [1.29, 1.82) is 5.26 Å². The summed E-state index contributed by atoms with van der Waals surface area (Å²) in [6.45, 7) is 3.85. The Labute approximate surface area is 98.4 Å². The molecule has 0 spiro atoms. The normalized spacial score (nSPS) is 9.81. The standard InChI is InChI=1S/C12H11N3S/c1-8-5-9(2)14-12(11(8)6-13)15-10-3-4-16-7-10/h3-5,7H,1-2H3,(H,14,15). The van der Waals surface area contributed by atoms with E-state index < -0.39 is 0 Å². The first-order valence-corrected chi connectivity index (χ1v) is 5.82. The molecule has 0 aliphatic rings.